The number of hydrogen-bond donors (Lipinski definition) is 2. The fourth-order valence-electron chi connectivity index (χ4n) is 2.46. The van der Waals surface area contributed by atoms with Crippen molar-refractivity contribution in [1.82, 2.24) is 9.78 Å². The molecule has 0 aliphatic rings. The molecule has 0 aliphatic carbocycles. The number of fused-ring (bicyclic) bond motifs is 1. The van der Waals surface area contributed by atoms with Crippen LogP contribution in [0.5, 0.6) is 0 Å². The zero-order valence-electron chi connectivity index (χ0n) is 12.8. The number of aromatic amines is 1. The zero-order valence-corrected chi connectivity index (χ0v) is 14.4. The molecule has 3 aromatic rings. The quantitative estimate of drug-likeness (QED) is 0.723. The van der Waals surface area contributed by atoms with Crippen molar-refractivity contribution >= 4 is 38.3 Å². The Balaban J connectivity index is 1.90. The lowest BCUT2D eigenvalue weighted by Crippen LogP contribution is -2.34. The summed E-state index contributed by atoms with van der Waals surface area (Å²) in [6.07, 6.45) is 0. The number of nitrogens with one attached hydrogen (secondary N) is 2. The van der Waals surface area contributed by atoms with Crippen LogP contribution in [-0.2, 0) is 11.3 Å². The first kappa shape index (κ1) is 16.2. The molecule has 24 heavy (non-hydrogen) atoms. The van der Waals surface area contributed by atoms with Crippen molar-refractivity contribution in [1.29, 1.82) is 0 Å². The Morgan fingerprint density at radius 1 is 1.17 bits per heavy atom. The Bertz CT molecular complexity index is 1050. The Labute approximate surface area is 145 Å². The standard InChI is InChI=1S/C17H14BrN3O3/c1-10-8-11(18)6-7-14(10)19-15(22)9-21-17(24)13-5-3-2-4-12(13)16(23)20-21/h2-8H,9H2,1H3,(H,19,22)(H,20,23). The van der Waals surface area contributed by atoms with Gasteiger partial charge in [-0.15, -0.1) is 0 Å². The van der Waals surface area contributed by atoms with Gasteiger partial charge in [-0.05, 0) is 42.8 Å². The molecule has 0 radical (unpaired) electrons. The molecule has 7 heteroatoms. The van der Waals surface area contributed by atoms with E-state index in [1.807, 2.05) is 19.1 Å². The normalized spacial score (nSPS) is 10.8. The number of aryl methyl sites for hydroxylation is 1. The van der Waals surface area contributed by atoms with Crippen LogP contribution in [0.25, 0.3) is 10.8 Å². The summed E-state index contributed by atoms with van der Waals surface area (Å²) in [5.74, 6) is -0.395. The molecule has 3 rings (SSSR count). The molecule has 1 heterocycles. The Morgan fingerprint density at radius 2 is 1.88 bits per heavy atom. The van der Waals surface area contributed by atoms with Crippen LogP contribution < -0.4 is 16.4 Å². The van der Waals surface area contributed by atoms with Gasteiger partial charge in [0.2, 0.25) is 5.91 Å². The fraction of sp³-hybridized carbons (Fsp3) is 0.118. The van der Waals surface area contributed by atoms with Crippen molar-refractivity contribution in [3.63, 3.8) is 0 Å². The van der Waals surface area contributed by atoms with Gasteiger partial charge in [0.25, 0.3) is 11.1 Å². The second-order valence-electron chi connectivity index (χ2n) is 5.39. The number of anilines is 1. The van der Waals surface area contributed by atoms with Gasteiger partial charge in [-0.1, -0.05) is 28.1 Å². The van der Waals surface area contributed by atoms with Gasteiger partial charge < -0.3 is 5.32 Å². The third-order valence-electron chi connectivity index (χ3n) is 3.65. The summed E-state index contributed by atoms with van der Waals surface area (Å²) >= 11 is 3.36. The molecule has 0 saturated heterocycles. The molecular weight excluding hydrogens is 374 g/mol. The molecule has 0 unspecified atom stereocenters. The summed E-state index contributed by atoms with van der Waals surface area (Å²) < 4.78 is 1.93. The average Bonchev–Trinajstić information content (AvgIpc) is 2.55. The minimum Gasteiger partial charge on any atom is -0.324 e. The van der Waals surface area contributed by atoms with E-state index in [0.29, 0.717) is 11.1 Å². The molecule has 0 aliphatic heterocycles. The summed E-state index contributed by atoms with van der Waals surface area (Å²) in [6, 6.07) is 12.0. The smallest absolute Gasteiger partial charge is 0.273 e. The maximum absolute atomic E-state index is 12.4. The highest BCUT2D eigenvalue weighted by atomic mass is 79.9. The third-order valence-corrected chi connectivity index (χ3v) is 4.14. The second-order valence-corrected chi connectivity index (χ2v) is 6.30. The number of aromatic nitrogens is 2. The maximum atomic E-state index is 12.4. The zero-order chi connectivity index (χ0) is 17.3. The van der Waals surface area contributed by atoms with E-state index in [1.165, 1.54) is 0 Å². The van der Waals surface area contributed by atoms with Gasteiger partial charge in [-0.25, -0.2) is 4.68 Å². The van der Waals surface area contributed by atoms with Crippen LogP contribution in [0.4, 0.5) is 5.69 Å². The highest BCUT2D eigenvalue weighted by Crippen LogP contribution is 2.19. The first-order valence-electron chi connectivity index (χ1n) is 7.23. The molecule has 0 saturated carbocycles. The van der Waals surface area contributed by atoms with Gasteiger partial charge in [0.05, 0.1) is 10.8 Å². The van der Waals surface area contributed by atoms with Crippen molar-refractivity contribution in [2.24, 2.45) is 0 Å². The largest absolute Gasteiger partial charge is 0.324 e. The Hall–Kier alpha value is -2.67. The highest BCUT2D eigenvalue weighted by Gasteiger charge is 2.11. The van der Waals surface area contributed by atoms with E-state index in [2.05, 4.69) is 26.3 Å². The van der Waals surface area contributed by atoms with E-state index in [0.717, 1.165) is 14.7 Å². The number of H-pyrrole nitrogens is 1. The first-order valence-corrected chi connectivity index (χ1v) is 8.03. The molecule has 2 aromatic carbocycles. The molecule has 1 aromatic heterocycles. The van der Waals surface area contributed by atoms with Gasteiger partial charge in [-0.3, -0.25) is 19.5 Å². The van der Waals surface area contributed by atoms with Crippen molar-refractivity contribution in [2.75, 3.05) is 5.32 Å². The van der Waals surface area contributed by atoms with E-state index < -0.39 is 17.0 Å². The van der Waals surface area contributed by atoms with Crippen molar-refractivity contribution in [3.05, 3.63) is 73.2 Å². The minimum absolute atomic E-state index is 0.269. The van der Waals surface area contributed by atoms with Gasteiger partial charge in [0.15, 0.2) is 0 Å². The fourth-order valence-corrected chi connectivity index (χ4v) is 2.93. The summed E-state index contributed by atoms with van der Waals surface area (Å²) in [5, 5.41) is 5.77. The SMILES string of the molecule is Cc1cc(Br)ccc1NC(=O)Cn1[nH]c(=O)c2ccccc2c1=O. The monoisotopic (exact) mass is 387 g/mol. The summed E-state index contributed by atoms with van der Waals surface area (Å²) in [4.78, 5) is 36.6. The molecule has 1 amide bonds. The van der Waals surface area contributed by atoms with E-state index in [1.54, 1.807) is 30.3 Å². The number of rotatable bonds is 3. The van der Waals surface area contributed by atoms with Crippen LogP contribution in [0.2, 0.25) is 0 Å². The van der Waals surface area contributed by atoms with E-state index in [-0.39, 0.29) is 11.9 Å². The second kappa shape index (κ2) is 6.45. The van der Waals surface area contributed by atoms with Crippen LogP contribution in [0, 0.1) is 6.92 Å². The maximum Gasteiger partial charge on any atom is 0.273 e. The number of benzene rings is 2. The molecule has 0 atom stereocenters. The van der Waals surface area contributed by atoms with E-state index in [9.17, 15) is 14.4 Å². The highest BCUT2D eigenvalue weighted by molar-refractivity contribution is 9.10. The molecule has 0 spiro atoms. The first-order chi connectivity index (χ1) is 11.5. The summed E-state index contributed by atoms with van der Waals surface area (Å²) in [6.45, 7) is 1.60. The predicted octanol–water partition coefficient (Wildman–Crippen LogP) is 2.40. The lowest BCUT2D eigenvalue weighted by molar-refractivity contribution is -0.117. The molecule has 122 valence electrons. The van der Waals surface area contributed by atoms with Crippen molar-refractivity contribution in [3.8, 4) is 0 Å². The summed E-state index contributed by atoms with van der Waals surface area (Å²) in [7, 11) is 0. The van der Waals surface area contributed by atoms with Crippen LogP contribution in [0.15, 0.2) is 56.5 Å². The number of amides is 1. The minimum atomic E-state index is -0.409. The number of halogens is 1. The van der Waals surface area contributed by atoms with Crippen LogP contribution >= 0.6 is 15.9 Å². The van der Waals surface area contributed by atoms with Crippen LogP contribution in [0.3, 0.4) is 0 Å². The predicted molar refractivity (Wildman–Crippen MR) is 96.3 cm³/mol. The van der Waals surface area contributed by atoms with Gasteiger partial charge >= 0.3 is 0 Å². The number of hydrogen-bond acceptors (Lipinski definition) is 3. The molecular formula is C17H14BrN3O3. The number of carbonyl (C=O) groups excluding carboxylic acids is 1. The lowest BCUT2D eigenvalue weighted by Gasteiger charge is -2.10. The third kappa shape index (κ3) is 3.16. The Morgan fingerprint density at radius 3 is 2.58 bits per heavy atom. The number of nitrogens with zero attached hydrogens (tertiary/aromatic N) is 1. The van der Waals surface area contributed by atoms with Gasteiger partial charge in [0, 0.05) is 10.2 Å². The average molecular weight is 388 g/mol. The Kier molecular flexibility index (Phi) is 4.35. The lowest BCUT2D eigenvalue weighted by atomic mass is 10.2. The van der Waals surface area contributed by atoms with E-state index >= 15 is 0 Å². The van der Waals surface area contributed by atoms with Crippen LogP contribution in [0.1, 0.15) is 5.56 Å². The van der Waals surface area contributed by atoms with Gasteiger partial charge in [-0.2, -0.15) is 0 Å². The number of carbonyl (C=O) groups is 1. The van der Waals surface area contributed by atoms with Crippen molar-refractivity contribution < 1.29 is 4.79 Å². The molecule has 2 N–H and O–H groups in total. The van der Waals surface area contributed by atoms with Gasteiger partial charge in [0.1, 0.15) is 6.54 Å². The topological polar surface area (TPSA) is 84.0 Å². The molecule has 0 bridgehead atoms. The van der Waals surface area contributed by atoms with E-state index in [4.69, 9.17) is 0 Å². The molecule has 0 fully saturated rings. The summed E-state index contributed by atoms with van der Waals surface area (Å²) in [5.41, 5.74) is 0.724. The van der Waals surface area contributed by atoms with Crippen molar-refractivity contribution in [2.45, 2.75) is 13.5 Å². The molecule has 6 nitrogen and oxygen atoms in total. The van der Waals surface area contributed by atoms with Crippen LogP contribution in [-0.4, -0.2) is 15.7 Å².